The van der Waals surface area contributed by atoms with Crippen molar-refractivity contribution >= 4 is 29.9 Å². The summed E-state index contributed by atoms with van der Waals surface area (Å²) in [5, 5.41) is 0.591. The van der Waals surface area contributed by atoms with Crippen LogP contribution in [-0.4, -0.2) is 18.8 Å². The molecule has 0 saturated heterocycles. The van der Waals surface area contributed by atoms with E-state index < -0.39 is 5.97 Å². The van der Waals surface area contributed by atoms with Crippen LogP contribution in [0.3, 0.4) is 0 Å². The van der Waals surface area contributed by atoms with E-state index in [9.17, 15) is 4.79 Å². The second-order valence-corrected chi connectivity index (χ2v) is 4.40. The van der Waals surface area contributed by atoms with Crippen LogP contribution in [0.4, 0.5) is 0 Å². The molecule has 0 amide bonds. The highest BCUT2D eigenvalue weighted by Crippen LogP contribution is 2.21. The van der Waals surface area contributed by atoms with Crippen LogP contribution < -0.4 is 0 Å². The van der Waals surface area contributed by atoms with E-state index in [1.54, 1.807) is 19.2 Å². The van der Waals surface area contributed by atoms with E-state index >= 15 is 0 Å². The first kappa shape index (κ1) is 15.4. The summed E-state index contributed by atoms with van der Waals surface area (Å²) in [6, 6.07) is 5.64. The van der Waals surface area contributed by atoms with Gasteiger partial charge in [-0.25, -0.2) is 4.79 Å². The minimum Gasteiger partial charge on any atom is -0.461 e. The van der Waals surface area contributed by atoms with E-state index in [2.05, 4.69) is 4.99 Å². The van der Waals surface area contributed by atoms with Gasteiger partial charge < -0.3 is 4.74 Å². The molecular weight excluding hydrogens is 262 g/mol. The maximum atomic E-state index is 11.8. The standard InChI is InChI=1S/C15H18ClNO2/c1-4-8-17-14(15(18)19-5-2)10-12-7-6-11(3)9-13(12)16/h6-10H,4-5H2,1-3H3/b14-10-,17-8?. The van der Waals surface area contributed by atoms with Crippen LogP contribution >= 0.6 is 11.6 Å². The van der Waals surface area contributed by atoms with E-state index in [1.165, 1.54) is 0 Å². The normalized spacial score (nSPS) is 11.9. The van der Waals surface area contributed by atoms with E-state index in [-0.39, 0.29) is 5.70 Å². The molecule has 0 aliphatic carbocycles. The fraction of sp³-hybridized carbons (Fsp3) is 0.333. The number of hydrogen-bond acceptors (Lipinski definition) is 3. The van der Waals surface area contributed by atoms with Crippen LogP contribution in [0, 0.1) is 6.92 Å². The van der Waals surface area contributed by atoms with Crippen molar-refractivity contribution in [1.29, 1.82) is 0 Å². The van der Waals surface area contributed by atoms with Crippen molar-refractivity contribution in [2.24, 2.45) is 4.99 Å². The first-order valence-electron chi connectivity index (χ1n) is 6.26. The van der Waals surface area contributed by atoms with Gasteiger partial charge in [0.15, 0.2) is 0 Å². The highest BCUT2D eigenvalue weighted by molar-refractivity contribution is 6.32. The highest BCUT2D eigenvalue weighted by atomic mass is 35.5. The van der Waals surface area contributed by atoms with Crippen LogP contribution in [0.25, 0.3) is 6.08 Å². The number of hydrogen-bond donors (Lipinski definition) is 0. The summed E-state index contributed by atoms with van der Waals surface area (Å²) in [6.07, 6.45) is 4.06. The van der Waals surface area contributed by atoms with Gasteiger partial charge in [-0.1, -0.05) is 30.7 Å². The Kier molecular flexibility index (Phi) is 6.30. The van der Waals surface area contributed by atoms with E-state index in [4.69, 9.17) is 16.3 Å². The number of carbonyl (C=O) groups is 1. The van der Waals surface area contributed by atoms with Crippen molar-refractivity contribution < 1.29 is 9.53 Å². The van der Waals surface area contributed by atoms with Crippen molar-refractivity contribution in [3.8, 4) is 0 Å². The Balaban J connectivity index is 3.11. The summed E-state index contributed by atoms with van der Waals surface area (Å²) < 4.78 is 4.97. The maximum Gasteiger partial charge on any atom is 0.356 e. The first-order valence-corrected chi connectivity index (χ1v) is 6.63. The second kappa shape index (κ2) is 7.74. The van der Waals surface area contributed by atoms with Crippen molar-refractivity contribution in [1.82, 2.24) is 0 Å². The summed E-state index contributed by atoms with van der Waals surface area (Å²) in [7, 11) is 0. The highest BCUT2D eigenvalue weighted by Gasteiger charge is 2.10. The molecule has 0 aliphatic heterocycles. The van der Waals surface area contributed by atoms with E-state index in [0.717, 1.165) is 17.5 Å². The molecular formula is C15H18ClNO2. The molecule has 4 heteroatoms. The van der Waals surface area contributed by atoms with Crippen molar-refractivity contribution in [3.63, 3.8) is 0 Å². The summed E-state index contributed by atoms with van der Waals surface area (Å²) in [6.45, 7) is 5.99. The number of aliphatic imine (C=N–C) groups is 1. The number of ether oxygens (including phenoxy) is 1. The molecule has 0 fully saturated rings. The number of benzene rings is 1. The van der Waals surface area contributed by atoms with Gasteiger partial charge in [-0.05, 0) is 43.5 Å². The second-order valence-electron chi connectivity index (χ2n) is 3.99. The maximum absolute atomic E-state index is 11.8. The Hall–Kier alpha value is -1.61. The number of rotatable bonds is 5. The van der Waals surface area contributed by atoms with Gasteiger partial charge in [0, 0.05) is 11.2 Å². The van der Waals surface area contributed by atoms with Crippen LogP contribution in [0.5, 0.6) is 0 Å². The number of halogens is 1. The Labute approximate surface area is 118 Å². The van der Waals surface area contributed by atoms with Gasteiger partial charge in [-0.15, -0.1) is 0 Å². The third-order valence-electron chi connectivity index (χ3n) is 2.35. The topological polar surface area (TPSA) is 38.7 Å². The van der Waals surface area contributed by atoms with Crippen LogP contribution in [-0.2, 0) is 9.53 Å². The summed E-state index contributed by atoms with van der Waals surface area (Å²) in [5.74, 6) is -0.441. The van der Waals surface area contributed by atoms with Crippen LogP contribution in [0.15, 0.2) is 28.9 Å². The molecule has 0 atom stereocenters. The van der Waals surface area contributed by atoms with Crippen LogP contribution in [0.1, 0.15) is 31.4 Å². The number of nitrogens with zero attached hydrogens (tertiary/aromatic N) is 1. The fourth-order valence-corrected chi connectivity index (χ4v) is 1.73. The fourth-order valence-electron chi connectivity index (χ4n) is 1.44. The molecule has 1 rings (SSSR count). The summed E-state index contributed by atoms with van der Waals surface area (Å²) in [5.41, 5.74) is 2.08. The third kappa shape index (κ3) is 4.87. The van der Waals surface area contributed by atoms with E-state index in [1.807, 2.05) is 32.0 Å². The smallest absolute Gasteiger partial charge is 0.356 e. The third-order valence-corrected chi connectivity index (χ3v) is 2.67. The van der Waals surface area contributed by atoms with Gasteiger partial charge >= 0.3 is 5.97 Å². The van der Waals surface area contributed by atoms with Gasteiger partial charge in [0.2, 0.25) is 0 Å². The Morgan fingerprint density at radius 1 is 1.42 bits per heavy atom. The zero-order chi connectivity index (χ0) is 14.3. The molecule has 0 radical (unpaired) electrons. The van der Waals surface area contributed by atoms with Gasteiger partial charge in [0.05, 0.1) is 6.61 Å². The molecule has 1 aromatic carbocycles. The minimum absolute atomic E-state index is 0.259. The van der Waals surface area contributed by atoms with E-state index in [0.29, 0.717) is 11.6 Å². The SMILES string of the molecule is CCC=N/C(=C\c1ccc(C)cc1Cl)C(=O)OCC. The zero-order valence-corrected chi connectivity index (χ0v) is 12.2. The molecule has 0 N–H and O–H groups in total. The van der Waals surface area contributed by atoms with Crippen molar-refractivity contribution in [2.75, 3.05) is 6.61 Å². The molecule has 3 nitrogen and oxygen atoms in total. The van der Waals surface area contributed by atoms with Crippen molar-refractivity contribution in [3.05, 3.63) is 40.0 Å². The molecule has 0 heterocycles. The lowest BCUT2D eigenvalue weighted by Crippen LogP contribution is -2.06. The molecule has 0 spiro atoms. The molecule has 19 heavy (non-hydrogen) atoms. The molecule has 0 bridgehead atoms. The lowest BCUT2D eigenvalue weighted by molar-refractivity contribution is -0.138. The van der Waals surface area contributed by atoms with Gasteiger partial charge in [-0.2, -0.15) is 0 Å². The molecule has 0 unspecified atom stereocenters. The Bertz CT molecular complexity index is 507. The predicted octanol–water partition coefficient (Wildman–Crippen LogP) is 4.03. The van der Waals surface area contributed by atoms with Crippen molar-refractivity contribution in [2.45, 2.75) is 27.2 Å². The van der Waals surface area contributed by atoms with Gasteiger partial charge in [0.25, 0.3) is 0 Å². The predicted molar refractivity (Wildman–Crippen MR) is 79.6 cm³/mol. The van der Waals surface area contributed by atoms with Crippen LogP contribution in [0.2, 0.25) is 5.02 Å². The lowest BCUT2D eigenvalue weighted by atomic mass is 10.1. The van der Waals surface area contributed by atoms with Gasteiger partial charge in [-0.3, -0.25) is 4.99 Å². The quantitative estimate of drug-likeness (QED) is 0.464. The largest absolute Gasteiger partial charge is 0.461 e. The monoisotopic (exact) mass is 279 g/mol. The lowest BCUT2D eigenvalue weighted by Gasteiger charge is -2.04. The average molecular weight is 280 g/mol. The average Bonchev–Trinajstić information content (AvgIpc) is 2.37. The molecule has 1 aromatic rings. The Morgan fingerprint density at radius 2 is 2.16 bits per heavy atom. The number of aryl methyl sites for hydroxylation is 1. The zero-order valence-electron chi connectivity index (χ0n) is 11.4. The summed E-state index contributed by atoms with van der Waals surface area (Å²) in [4.78, 5) is 15.9. The Morgan fingerprint density at radius 3 is 2.74 bits per heavy atom. The molecule has 0 saturated carbocycles. The summed E-state index contributed by atoms with van der Waals surface area (Å²) >= 11 is 6.14. The molecule has 102 valence electrons. The van der Waals surface area contributed by atoms with Gasteiger partial charge in [0.1, 0.15) is 5.70 Å². The molecule has 0 aliphatic rings. The first-order chi connectivity index (χ1) is 9.08. The number of carbonyl (C=O) groups excluding carboxylic acids is 1. The molecule has 0 aromatic heterocycles. The minimum atomic E-state index is -0.441. The number of esters is 1.